The van der Waals surface area contributed by atoms with Crippen LogP contribution in [0.5, 0.6) is 0 Å². The molecule has 4 rings (SSSR count). The van der Waals surface area contributed by atoms with Gasteiger partial charge in [0.05, 0.1) is 28.7 Å². The normalized spacial score (nSPS) is 20.7. The van der Waals surface area contributed by atoms with E-state index in [1.165, 1.54) is 11.3 Å². The smallest absolute Gasteiger partial charge is 0.255 e. The average Bonchev–Trinajstić information content (AvgIpc) is 3.01. The number of fused-ring (bicyclic) bond motifs is 1. The molecule has 7 heteroatoms. The predicted octanol–water partition coefficient (Wildman–Crippen LogP) is 3.09. The Morgan fingerprint density at radius 2 is 2.04 bits per heavy atom. The van der Waals surface area contributed by atoms with E-state index in [-0.39, 0.29) is 12.1 Å². The third-order valence-corrected chi connectivity index (χ3v) is 5.53. The van der Waals surface area contributed by atoms with Crippen LogP contribution in [0.3, 0.4) is 0 Å². The molecule has 23 heavy (non-hydrogen) atoms. The highest BCUT2D eigenvalue weighted by molar-refractivity contribution is 7.10. The Kier molecular flexibility index (Phi) is 3.88. The molecule has 1 aromatic carbocycles. The Balaban J connectivity index is 1.62. The molecule has 1 amide bonds. The van der Waals surface area contributed by atoms with Crippen LogP contribution in [0.4, 0.5) is 11.4 Å². The summed E-state index contributed by atoms with van der Waals surface area (Å²) in [6.07, 6.45) is -0.281. The van der Waals surface area contributed by atoms with Gasteiger partial charge in [-0.15, -0.1) is 11.3 Å². The van der Waals surface area contributed by atoms with Crippen molar-refractivity contribution in [1.82, 2.24) is 5.32 Å². The number of carbonyl (C=O) groups is 1. The lowest BCUT2D eigenvalue weighted by molar-refractivity contribution is 0.0936. The van der Waals surface area contributed by atoms with Gasteiger partial charge in [0.1, 0.15) is 6.17 Å². The van der Waals surface area contributed by atoms with Crippen LogP contribution < -0.4 is 15.5 Å². The molecule has 0 spiro atoms. The monoisotopic (exact) mass is 349 g/mol. The molecule has 2 aliphatic rings. The Morgan fingerprint density at radius 3 is 2.78 bits per heavy atom. The van der Waals surface area contributed by atoms with Crippen molar-refractivity contribution < 1.29 is 9.53 Å². The van der Waals surface area contributed by atoms with Crippen molar-refractivity contribution in [3.8, 4) is 0 Å². The first-order chi connectivity index (χ1) is 11.2. The Morgan fingerprint density at radius 1 is 1.22 bits per heavy atom. The molecular formula is C16H16ClN3O2S. The lowest BCUT2D eigenvalue weighted by Crippen LogP contribution is -2.39. The van der Waals surface area contributed by atoms with Gasteiger partial charge in [0.15, 0.2) is 0 Å². The van der Waals surface area contributed by atoms with Crippen LogP contribution in [0.2, 0.25) is 5.02 Å². The summed E-state index contributed by atoms with van der Waals surface area (Å²) in [5.41, 5.74) is 2.55. The van der Waals surface area contributed by atoms with Gasteiger partial charge in [-0.1, -0.05) is 11.6 Å². The van der Waals surface area contributed by atoms with Gasteiger partial charge < -0.3 is 20.3 Å². The zero-order chi connectivity index (χ0) is 15.8. The number of nitrogens with zero attached hydrogens (tertiary/aromatic N) is 1. The molecule has 2 aromatic rings. The maximum atomic E-state index is 12.5. The molecule has 0 saturated carbocycles. The van der Waals surface area contributed by atoms with E-state index in [1.807, 2.05) is 29.6 Å². The minimum absolute atomic E-state index is 0.0803. The largest absolute Gasteiger partial charge is 0.378 e. The third kappa shape index (κ3) is 2.78. The SMILES string of the molecule is O=C1NC(c2sccc2Cl)Nc2ccc(N3CCOCC3)cc21. The van der Waals surface area contributed by atoms with Crippen LogP contribution in [0.25, 0.3) is 0 Å². The van der Waals surface area contributed by atoms with E-state index in [0.29, 0.717) is 10.6 Å². The second-order valence-corrected chi connectivity index (χ2v) is 6.87. The summed E-state index contributed by atoms with van der Waals surface area (Å²) in [5, 5.41) is 8.92. The second-order valence-electron chi connectivity index (χ2n) is 5.51. The average molecular weight is 350 g/mol. The predicted molar refractivity (Wildman–Crippen MR) is 92.6 cm³/mol. The summed E-state index contributed by atoms with van der Waals surface area (Å²) in [6.45, 7) is 3.14. The molecule has 1 aromatic heterocycles. The van der Waals surface area contributed by atoms with E-state index in [4.69, 9.17) is 16.3 Å². The number of morpholine rings is 1. The van der Waals surface area contributed by atoms with Gasteiger partial charge in [0.2, 0.25) is 0 Å². The van der Waals surface area contributed by atoms with Gasteiger partial charge >= 0.3 is 0 Å². The zero-order valence-electron chi connectivity index (χ0n) is 12.3. The molecule has 2 N–H and O–H groups in total. The molecule has 120 valence electrons. The molecule has 1 saturated heterocycles. The fourth-order valence-electron chi connectivity index (χ4n) is 2.91. The third-order valence-electron chi connectivity index (χ3n) is 4.11. The first-order valence-electron chi connectivity index (χ1n) is 7.49. The first kappa shape index (κ1) is 14.8. The molecule has 1 unspecified atom stereocenters. The van der Waals surface area contributed by atoms with Crippen molar-refractivity contribution >= 4 is 40.2 Å². The van der Waals surface area contributed by atoms with Crippen molar-refractivity contribution in [3.05, 3.63) is 45.1 Å². The van der Waals surface area contributed by atoms with Crippen LogP contribution in [0, 0.1) is 0 Å². The highest BCUT2D eigenvalue weighted by atomic mass is 35.5. The van der Waals surface area contributed by atoms with Crippen LogP contribution in [0.15, 0.2) is 29.6 Å². The number of carbonyl (C=O) groups excluding carboxylic acids is 1. The summed E-state index contributed by atoms with van der Waals surface area (Å²) in [5.74, 6) is -0.0803. The fraction of sp³-hybridized carbons (Fsp3) is 0.312. The summed E-state index contributed by atoms with van der Waals surface area (Å²) >= 11 is 7.70. The van der Waals surface area contributed by atoms with Crippen LogP contribution in [-0.4, -0.2) is 32.2 Å². The summed E-state index contributed by atoms with van der Waals surface area (Å²) in [7, 11) is 0. The zero-order valence-corrected chi connectivity index (χ0v) is 13.9. The van der Waals surface area contributed by atoms with E-state index in [9.17, 15) is 4.79 Å². The van der Waals surface area contributed by atoms with Crippen molar-refractivity contribution in [3.63, 3.8) is 0 Å². The lowest BCUT2D eigenvalue weighted by atomic mass is 10.1. The number of halogens is 1. The molecule has 3 heterocycles. The van der Waals surface area contributed by atoms with Gasteiger partial charge in [-0.05, 0) is 29.6 Å². The number of benzene rings is 1. The fourth-order valence-corrected chi connectivity index (χ4v) is 4.07. The van der Waals surface area contributed by atoms with E-state index in [1.54, 1.807) is 0 Å². The first-order valence-corrected chi connectivity index (χ1v) is 8.75. The number of nitrogens with one attached hydrogen (secondary N) is 2. The van der Waals surface area contributed by atoms with Crippen molar-refractivity contribution in [1.29, 1.82) is 0 Å². The number of rotatable bonds is 2. The van der Waals surface area contributed by atoms with E-state index >= 15 is 0 Å². The minimum atomic E-state index is -0.281. The van der Waals surface area contributed by atoms with Gasteiger partial charge in [0, 0.05) is 24.5 Å². The van der Waals surface area contributed by atoms with Gasteiger partial charge in [-0.3, -0.25) is 4.79 Å². The second kappa shape index (κ2) is 6.03. The van der Waals surface area contributed by atoms with E-state index in [2.05, 4.69) is 15.5 Å². The standard InChI is InChI=1S/C16H16ClN3O2S/c17-12-3-8-23-14(12)15-18-13-2-1-10(9-11(13)16(21)19-15)20-4-6-22-7-5-20/h1-3,8-9,15,18H,4-7H2,(H,19,21). The minimum Gasteiger partial charge on any atom is -0.378 e. The highest BCUT2D eigenvalue weighted by Gasteiger charge is 2.27. The molecule has 0 aliphatic carbocycles. The quantitative estimate of drug-likeness (QED) is 0.874. The van der Waals surface area contributed by atoms with Crippen molar-refractivity contribution in [2.45, 2.75) is 6.17 Å². The number of anilines is 2. The molecule has 1 fully saturated rings. The maximum Gasteiger partial charge on any atom is 0.255 e. The van der Waals surface area contributed by atoms with Crippen molar-refractivity contribution in [2.75, 3.05) is 36.5 Å². The van der Waals surface area contributed by atoms with Gasteiger partial charge in [-0.2, -0.15) is 0 Å². The van der Waals surface area contributed by atoms with Crippen LogP contribution in [-0.2, 0) is 4.74 Å². The lowest BCUT2D eigenvalue weighted by Gasteiger charge is -2.31. The van der Waals surface area contributed by atoms with Gasteiger partial charge in [-0.25, -0.2) is 0 Å². The number of thiophene rings is 1. The Bertz CT molecular complexity index is 743. The summed E-state index contributed by atoms with van der Waals surface area (Å²) < 4.78 is 5.38. The van der Waals surface area contributed by atoms with E-state index < -0.39 is 0 Å². The number of hydrogen-bond donors (Lipinski definition) is 2. The van der Waals surface area contributed by atoms with Crippen molar-refractivity contribution in [2.24, 2.45) is 0 Å². The number of hydrogen-bond acceptors (Lipinski definition) is 5. The van der Waals surface area contributed by atoms with Crippen LogP contribution in [0.1, 0.15) is 21.4 Å². The Hall–Kier alpha value is -1.76. The maximum absolute atomic E-state index is 12.5. The number of amides is 1. The highest BCUT2D eigenvalue weighted by Crippen LogP contribution is 2.34. The molecule has 2 aliphatic heterocycles. The molecular weight excluding hydrogens is 334 g/mol. The molecule has 0 radical (unpaired) electrons. The summed E-state index contributed by atoms with van der Waals surface area (Å²) in [6, 6.07) is 7.79. The molecule has 1 atom stereocenters. The van der Waals surface area contributed by atoms with E-state index in [0.717, 1.165) is 42.6 Å². The van der Waals surface area contributed by atoms with Gasteiger partial charge in [0.25, 0.3) is 5.91 Å². The van der Waals surface area contributed by atoms with Crippen LogP contribution >= 0.6 is 22.9 Å². The Labute approximate surface area is 143 Å². The molecule has 5 nitrogen and oxygen atoms in total. The summed E-state index contributed by atoms with van der Waals surface area (Å²) in [4.78, 5) is 15.7. The number of ether oxygens (including phenoxy) is 1. The molecule has 0 bridgehead atoms. The topological polar surface area (TPSA) is 53.6 Å².